The fraction of sp³-hybridized carbons (Fsp3) is 0.278. The summed E-state index contributed by atoms with van der Waals surface area (Å²) in [6.45, 7) is 0.357. The second-order valence-corrected chi connectivity index (χ2v) is 5.99. The van der Waals surface area contributed by atoms with Crippen molar-refractivity contribution >= 4 is 5.91 Å². The Morgan fingerprint density at radius 3 is 2.83 bits per heavy atom. The zero-order chi connectivity index (χ0) is 16.7. The van der Waals surface area contributed by atoms with Crippen LogP contribution in [0.3, 0.4) is 0 Å². The fourth-order valence-corrected chi connectivity index (χ4v) is 3.26. The Kier molecular flexibility index (Phi) is 3.61. The highest BCUT2D eigenvalue weighted by atomic mass is 19.1. The summed E-state index contributed by atoms with van der Waals surface area (Å²) in [4.78, 5) is 14.5. The highest BCUT2D eigenvalue weighted by Gasteiger charge is 2.36. The van der Waals surface area contributed by atoms with E-state index in [1.807, 2.05) is 0 Å². The minimum atomic E-state index is -0.628. The quantitative estimate of drug-likeness (QED) is 0.920. The summed E-state index contributed by atoms with van der Waals surface area (Å²) in [5.74, 6) is 0.557. The maximum absolute atomic E-state index is 13.5. The van der Waals surface area contributed by atoms with Crippen LogP contribution in [0.15, 0.2) is 42.5 Å². The van der Waals surface area contributed by atoms with Gasteiger partial charge in [0.15, 0.2) is 11.5 Å². The molecule has 0 aromatic heterocycles. The van der Waals surface area contributed by atoms with Crippen LogP contribution in [0.2, 0.25) is 0 Å². The average Bonchev–Trinajstić information content (AvgIpc) is 3.19. The van der Waals surface area contributed by atoms with Gasteiger partial charge >= 0.3 is 0 Å². The Hall–Kier alpha value is -2.60. The summed E-state index contributed by atoms with van der Waals surface area (Å²) in [6.07, 6.45) is -0.240. The molecular weight excluding hydrogens is 313 g/mol. The molecular formula is C18H16FNO4. The molecule has 2 aliphatic rings. The topological polar surface area (TPSA) is 59.0 Å². The van der Waals surface area contributed by atoms with Gasteiger partial charge in [0, 0.05) is 12.1 Å². The smallest absolute Gasteiger partial charge is 0.254 e. The van der Waals surface area contributed by atoms with Crippen molar-refractivity contribution in [3.05, 3.63) is 59.4 Å². The number of amides is 1. The lowest BCUT2D eigenvalue weighted by molar-refractivity contribution is 0.0715. The number of carbonyl (C=O) groups excluding carboxylic acids is 1. The maximum Gasteiger partial charge on any atom is 0.254 e. The van der Waals surface area contributed by atoms with E-state index in [-0.39, 0.29) is 31.1 Å². The van der Waals surface area contributed by atoms with E-state index < -0.39 is 6.10 Å². The maximum atomic E-state index is 13.5. The number of nitrogens with zero attached hydrogens (tertiary/aromatic N) is 1. The van der Waals surface area contributed by atoms with Gasteiger partial charge in [-0.05, 0) is 42.3 Å². The highest BCUT2D eigenvalue weighted by molar-refractivity contribution is 5.95. The lowest BCUT2D eigenvalue weighted by atomic mass is 10.0. The molecule has 1 fully saturated rings. The normalized spacial score (nSPS) is 22.0. The number of rotatable bonds is 2. The summed E-state index contributed by atoms with van der Waals surface area (Å²) in [5.41, 5.74) is 1.13. The highest BCUT2D eigenvalue weighted by Crippen LogP contribution is 2.36. The van der Waals surface area contributed by atoms with Crippen molar-refractivity contribution < 1.29 is 23.8 Å². The van der Waals surface area contributed by atoms with E-state index in [0.29, 0.717) is 29.0 Å². The number of fused-ring (bicyclic) bond motifs is 1. The van der Waals surface area contributed by atoms with Gasteiger partial charge in [0.2, 0.25) is 6.79 Å². The lowest BCUT2D eigenvalue weighted by Crippen LogP contribution is -2.31. The molecule has 0 spiro atoms. The number of ether oxygens (including phenoxy) is 2. The van der Waals surface area contributed by atoms with E-state index >= 15 is 0 Å². The minimum absolute atomic E-state index is 0.140. The van der Waals surface area contributed by atoms with Crippen molar-refractivity contribution in [3.63, 3.8) is 0 Å². The Morgan fingerprint density at radius 2 is 2.00 bits per heavy atom. The molecule has 6 heteroatoms. The first-order valence-corrected chi connectivity index (χ1v) is 7.76. The van der Waals surface area contributed by atoms with Crippen LogP contribution in [0, 0.1) is 5.82 Å². The van der Waals surface area contributed by atoms with Crippen LogP contribution < -0.4 is 9.47 Å². The molecule has 2 atom stereocenters. The molecule has 0 unspecified atom stereocenters. The second kappa shape index (κ2) is 5.79. The Bertz CT molecular complexity index is 794. The third-order valence-corrected chi connectivity index (χ3v) is 4.39. The zero-order valence-corrected chi connectivity index (χ0v) is 12.8. The zero-order valence-electron chi connectivity index (χ0n) is 12.8. The molecule has 124 valence electrons. The van der Waals surface area contributed by atoms with Gasteiger partial charge in [0.1, 0.15) is 5.82 Å². The number of β-amino-alcohol motifs (C(OH)–C–C–N with tert-alkyl or cyclic N) is 1. The number of likely N-dealkylation sites (tertiary alicyclic amines) is 1. The van der Waals surface area contributed by atoms with Gasteiger partial charge in [-0.3, -0.25) is 4.79 Å². The van der Waals surface area contributed by atoms with Gasteiger partial charge in [0.25, 0.3) is 5.91 Å². The van der Waals surface area contributed by atoms with Gasteiger partial charge in [-0.2, -0.15) is 0 Å². The van der Waals surface area contributed by atoms with Crippen LogP contribution in [0.5, 0.6) is 11.5 Å². The van der Waals surface area contributed by atoms with Crippen molar-refractivity contribution in [2.45, 2.75) is 18.6 Å². The van der Waals surface area contributed by atoms with Crippen LogP contribution in [0.25, 0.3) is 0 Å². The summed E-state index contributed by atoms with van der Waals surface area (Å²) in [5, 5.41) is 10.0. The summed E-state index contributed by atoms with van der Waals surface area (Å²) in [6, 6.07) is 10.8. The van der Waals surface area contributed by atoms with Gasteiger partial charge in [-0.1, -0.05) is 12.1 Å². The first-order valence-electron chi connectivity index (χ1n) is 7.76. The molecule has 2 aromatic rings. The summed E-state index contributed by atoms with van der Waals surface area (Å²) < 4.78 is 24.1. The van der Waals surface area contributed by atoms with E-state index in [4.69, 9.17) is 9.47 Å². The van der Waals surface area contributed by atoms with Crippen molar-refractivity contribution in [2.75, 3.05) is 13.3 Å². The molecule has 1 saturated heterocycles. The van der Waals surface area contributed by atoms with Crippen molar-refractivity contribution in [1.82, 2.24) is 4.90 Å². The van der Waals surface area contributed by atoms with Crippen LogP contribution in [-0.2, 0) is 0 Å². The number of hydrogen-bond donors (Lipinski definition) is 1. The average molecular weight is 329 g/mol. The molecule has 0 radical (unpaired) electrons. The van der Waals surface area contributed by atoms with Crippen molar-refractivity contribution in [2.24, 2.45) is 0 Å². The molecule has 5 nitrogen and oxygen atoms in total. The largest absolute Gasteiger partial charge is 0.454 e. The molecule has 24 heavy (non-hydrogen) atoms. The molecule has 1 N–H and O–H groups in total. The van der Waals surface area contributed by atoms with Crippen LogP contribution in [0.4, 0.5) is 4.39 Å². The Labute approximate surface area is 138 Å². The Balaban J connectivity index is 1.64. The number of aliphatic hydroxyl groups excluding tert-OH is 1. The fourth-order valence-electron chi connectivity index (χ4n) is 3.26. The Morgan fingerprint density at radius 1 is 1.17 bits per heavy atom. The number of hydrogen-bond acceptors (Lipinski definition) is 4. The first kappa shape index (κ1) is 15.0. The van der Waals surface area contributed by atoms with Gasteiger partial charge in [-0.25, -0.2) is 4.39 Å². The lowest BCUT2D eigenvalue weighted by Gasteiger charge is -2.25. The van der Waals surface area contributed by atoms with Crippen molar-refractivity contribution in [3.8, 4) is 11.5 Å². The number of halogens is 1. The molecule has 0 saturated carbocycles. The molecule has 2 aromatic carbocycles. The third kappa shape index (κ3) is 2.59. The van der Waals surface area contributed by atoms with E-state index in [9.17, 15) is 14.3 Å². The number of carbonyl (C=O) groups is 1. The van der Waals surface area contributed by atoms with Gasteiger partial charge < -0.3 is 19.5 Å². The van der Waals surface area contributed by atoms with Crippen LogP contribution in [-0.4, -0.2) is 35.4 Å². The minimum Gasteiger partial charge on any atom is -0.454 e. The first-order chi connectivity index (χ1) is 11.6. The molecule has 0 aliphatic carbocycles. The SMILES string of the molecule is O=C(c1ccc2c(c1)OCO2)N1C[C@H](O)C[C@@H]1c1cccc(F)c1. The molecule has 0 bridgehead atoms. The summed E-state index contributed by atoms with van der Waals surface area (Å²) in [7, 11) is 0. The van der Waals surface area contributed by atoms with Gasteiger partial charge in [-0.15, -0.1) is 0 Å². The van der Waals surface area contributed by atoms with E-state index in [2.05, 4.69) is 0 Å². The van der Waals surface area contributed by atoms with Crippen LogP contribution >= 0.6 is 0 Å². The molecule has 1 amide bonds. The second-order valence-electron chi connectivity index (χ2n) is 5.99. The predicted molar refractivity (Wildman–Crippen MR) is 83.4 cm³/mol. The monoisotopic (exact) mass is 329 g/mol. The third-order valence-electron chi connectivity index (χ3n) is 4.39. The number of benzene rings is 2. The number of aliphatic hydroxyl groups is 1. The van der Waals surface area contributed by atoms with E-state index in [0.717, 1.165) is 0 Å². The summed E-state index contributed by atoms with van der Waals surface area (Å²) >= 11 is 0. The standard InChI is InChI=1S/C18H16FNO4/c19-13-3-1-2-11(6-13)15-8-14(21)9-20(15)18(22)12-4-5-16-17(7-12)24-10-23-16/h1-7,14-15,21H,8-10H2/t14-,15-/m1/s1. The molecule has 4 rings (SSSR count). The van der Waals surface area contributed by atoms with E-state index in [1.165, 1.54) is 12.1 Å². The predicted octanol–water partition coefficient (Wildman–Crippen LogP) is 2.50. The van der Waals surface area contributed by atoms with E-state index in [1.54, 1.807) is 35.2 Å². The molecule has 2 heterocycles. The van der Waals surface area contributed by atoms with Crippen LogP contribution in [0.1, 0.15) is 28.4 Å². The van der Waals surface area contributed by atoms with Crippen molar-refractivity contribution in [1.29, 1.82) is 0 Å². The van der Waals surface area contributed by atoms with Gasteiger partial charge in [0.05, 0.1) is 12.1 Å². The molecule has 2 aliphatic heterocycles.